The van der Waals surface area contributed by atoms with Crippen molar-refractivity contribution in [2.75, 3.05) is 6.54 Å². The molecule has 23 heavy (non-hydrogen) atoms. The summed E-state index contributed by atoms with van der Waals surface area (Å²) in [4.78, 5) is 16.2. The molecule has 0 aliphatic rings. The van der Waals surface area contributed by atoms with Crippen molar-refractivity contribution in [2.24, 2.45) is 0 Å². The van der Waals surface area contributed by atoms with Crippen molar-refractivity contribution in [3.8, 4) is 11.3 Å². The Hall–Kier alpha value is -2.95. The molecular formula is C18H15FN2O2. The van der Waals surface area contributed by atoms with Crippen LogP contribution in [0.2, 0.25) is 0 Å². The highest BCUT2D eigenvalue weighted by Crippen LogP contribution is 2.18. The molecule has 0 bridgehead atoms. The fourth-order valence-electron chi connectivity index (χ4n) is 2.22. The van der Waals surface area contributed by atoms with Crippen molar-refractivity contribution in [1.29, 1.82) is 0 Å². The van der Waals surface area contributed by atoms with Crippen molar-refractivity contribution in [3.05, 3.63) is 78.1 Å². The molecule has 0 fully saturated rings. The van der Waals surface area contributed by atoms with Crippen molar-refractivity contribution >= 4 is 5.91 Å². The predicted molar refractivity (Wildman–Crippen MR) is 84.4 cm³/mol. The summed E-state index contributed by atoms with van der Waals surface area (Å²) in [5.74, 6) is 0.152. The van der Waals surface area contributed by atoms with E-state index < -0.39 is 0 Å². The number of benzene rings is 1. The summed E-state index contributed by atoms with van der Waals surface area (Å²) in [5.41, 5.74) is 1.70. The number of nitrogens with one attached hydrogen (secondary N) is 1. The van der Waals surface area contributed by atoms with Gasteiger partial charge in [0, 0.05) is 18.3 Å². The van der Waals surface area contributed by atoms with Crippen LogP contribution in [0.25, 0.3) is 11.3 Å². The van der Waals surface area contributed by atoms with Gasteiger partial charge in [0.15, 0.2) is 0 Å². The largest absolute Gasteiger partial charge is 0.464 e. The molecule has 0 spiro atoms. The summed E-state index contributed by atoms with van der Waals surface area (Å²) in [5, 5.41) is 2.74. The van der Waals surface area contributed by atoms with E-state index in [1.165, 1.54) is 6.07 Å². The van der Waals surface area contributed by atoms with Gasteiger partial charge in [-0.3, -0.25) is 9.78 Å². The monoisotopic (exact) mass is 310 g/mol. The van der Waals surface area contributed by atoms with Crippen molar-refractivity contribution in [2.45, 2.75) is 6.42 Å². The van der Waals surface area contributed by atoms with E-state index in [1.807, 2.05) is 6.07 Å². The number of halogens is 1. The maximum Gasteiger partial charge on any atom is 0.269 e. The molecule has 0 saturated carbocycles. The maximum atomic E-state index is 13.5. The normalized spacial score (nSPS) is 10.5. The number of furan rings is 1. The number of rotatable bonds is 5. The van der Waals surface area contributed by atoms with Crippen LogP contribution >= 0.6 is 0 Å². The van der Waals surface area contributed by atoms with Crippen LogP contribution in [-0.2, 0) is 6.42 Å². The Morgan fingerprint density at radius 2 is 2.00 bits per heavy atom. The van der Waals surface area contributed by atoms with Crippen LogP contribution in [0.3, 0.4) is 0 Å². The van der Waals surface area contributed by atoms with Gasteiger partial charge in [0.05, 0.1) is 6.26 Å². The zero-order chi connectivity index (χ0) is 16.1. The van der Waals surface area contributed by atoms with E-state index >= 15 is 0 Å². The summed E-state index contributed by atoms with van der Waals surface area (Å²) < 4.78 is 18.8. The minimum atomic E-state index is -0.285. The summed E-state index contributed by atoms with van der Waals surface area (Å²) in [7, 11) is 0. The zero-order valence-corrected chi connectivity index (χ0v) is 12.3. The highest BCUT2D eigenvalue weighted by Gasteiger charge is 2.09. The van der Waals surface area contributed by atoms with Gasteiger partial charge in [-0.15, -0.1) is 0 Å². The first-order valence-corrected chi connectivity index (χ1v) is 7.25. The van der Waals surface area contributed by atoms with Crippen LogP contribution in [0.5, 0.6) is 0 Å². The summed E-state index contributed by atoms with van der Waals surface area (Å²) >= 11 is 0. The molecule has 0 aliphatic heterocycles. The summed E-state index contributed by atoms with van der Waals surface area (Å²) in [6.45, 7) is 0.349. The molecule has 0 saturated heterocycles. The zero-order valence-electron chi connectivity index (χ0n) is 12.3. The van der Waals surface area contributed by atoms with Gasteiger partial charge in [-0.1, -0.05) is 18.2 Å². The van der Waals surface area contributed by atoms with Crippen LogP contribution in [0, 0.1) is 5.82 Å². The lowest BCUT2D eigenvalue weighted by molar-refractivity contribution is 0.0949. The Morgan fingerprint density at radius 3 is 2.70 bits per heavy atom. The molecule has 0 unspecified atom stereocenters. The van der Waals surface area contributed by atoms with E-state index in [0.717, 1.165) is 5.56 Å². The van der Waals surface area contributed by atoms with E-state index in [1.54, 1.807) is 48.9 Å². The van der Waals surface area contributed by atoms with Gasteiger partial charge < -0.3 is 9.73 Å². The minimum absolute atomic E-state index is 0.261. The fourth-order valence-corrected chi connectivity index (χ4v) is 2.22. The molecule has 2 aromatic heterocycles. The standard InChI is InChI=1S/C18H15FN2O2/c19-15-5-2-1-4-13(15)9-10-20-18(22)16-8-7-14(12-21-16)17-6-3-11-23-17/h1-8,11-12H,9-10H2,(H,20,22). The fraction of sp³-hybridized carbons (Fsp3) is 0.111. The number of carbonyl (C=O) groups is 1. The van der Waals surface area contributed by atoms with Crippen molar-refractivity contribution in [3.63, 3.8) is 0 Å². The second kappa shape index (κ2) is 6.87. The van der Waals surface area contributed by atoms with Gasteiger partial charge >= 0.3 is 0 Å². The number of nitrogens with zero attached hydrogens (tertiary/aromatic N) is 1. The molecule has 1 N–H and O–H groups in total. The lowest BCUT2D eigenvalue weighted by Crippen LogP contribution is -2.26. The average molecular weight is 310 g/mol. The van der Waals surface area contributed by atoms with Crippen LogP contribution in [0.1, 0.15) is 16.1 Å². The molecule has 1 amide bonds. The minimum Gasteiger partial charge on any atom is -0.464 e. The molecule has 5 heteroatoms. The van der Waals surface area contributed by atoms with Gasteiger partial charge in [-0.25, -0.2) is 4.39 Å². The number of hydrogen-bond donors (Lipinski definition) is 1. The Bertz CT molecular complexity index is 783. The average Bonchev–Trinajstić information content (AvgIpc) is 3.11. The first-order valence-electron chi connectivity index (χ1n) is 7.25. The van der Waals surface area contributed by atoms with Gasteiger partial charge in [0.1, 0.15) is 17.3 Å². The molecule has 1 aromatic carbocycles. The second-order valence-corrected chi connectivity index (χ2v) is 5.01. The summed E-state index contributed by atoms with van der Waals surface area (Å²) in [6, 6.07) is 13.6. The molecule has 3 aromatic rings. The first kappa shape index (κ1) is 15.0. The number of amides is 1. The number of aromatic nitrogens is 1. The second-order valence-electron chi connectivity index (χ2n) is 5.01. The molecule has 0 aliphatic carbocycles. The first-order chi connectivity index (χ1) is 11.2. The maximum absolute atomic E-state index is 13.5. The van der Waals surface area contributed by atoms with E-state index in [-0.39, 0.29) is 11.7 Å². The molecule has 0 radical (unpaired) electrons. The van der Waals surface area contributed by atoms with Crippen molar-refractivity contribution < 1.29 is 13.6 Å². The lowest BCUT2D eigenvalue weighted by atomic mass is 10.1. The van der Waals surface area contributed by atoms with E-state index in [9.17, 15) is 9.18 Å². The molecule has 0 atom stereocenters. The van der Waals surface area contributed by atoms with Crippen LogP contribution in [-0.4, -0.2) is 17.4 Å². The van der Waals surface area contributed by atoms with Crippen LogP contribution in [0.4, 0.5) is 4.39 Å². The molecular weight excluding hydrogens is 295 g/mol. The van der Waals surface area contributed by atoms with Crippen LogP contribution in [0.15, 0.2) is 65.4 Å². The lowest BCUT2D eigenvalue weighted by Gasteiger charge is -2.06. The van der Waals surface area contributed by atoms with Crippen molar-refractivity contribution in [1.82, 2.24) is 10.3 Å². The van der Waals surface area contributed by atoms with E-state index in [0.29, 0.717) is 30.0 Å². The van der Waals surface area contributed by atoms with E-state index in [4.69, 9.17) is 4.42 Å². The Balaban J connectivity index is 1.57. The van der Waals surface area contributed by atoms with Gasteiger partial charge in [-0.2, -0.15) is 0 Å². The Labute approximate surface area is 133 Å². The highest BCUT2D eigenvalue weighted by atomic mass is 19.1. The Kier molecular flexibility index (Phi) is 4.47. The van der Waals surface area contributed by atoms with E-state index in [2.05, 4.69) is 10.3 Å². The SMILES string of the molecule is O=C(NCCc1ccccc1F)c1ccc(-c2ccco2)cn1. The smallest absolute Gasteiger partial charge is 0.269 e. The third-order valence-corrected chi connectivity index (χ3v) is 3.44. The van der Waals surface area contributed by atoms with Gasteiger partial charge in [0.2, 0.25) is 0 Å². The Morgan fingerprint density at radius 1 is 1.13 bits per heavy atom. The number of carbonyl (C=O) groups excluding carboxylic acids is 1. The van der Waals surface area contributed by atoms with Gasteiger partial charge in [-0.05, 0) is 42.3 Å². The third kappa shape index (κ3) is 3.63. The third-order valence-electron chi connectivity index (χ3n) is 3.44. The van der Waals surface area contributed by atoms with Gasteiger partial charge in [0.25, 0.3) is 5.91 Å². The molecule has 116 valence electrons. The quantitative estimate of drug-likeness (QED) is 0.785. The molecule has 2 heterocycles. The molecule has 3 rings (SSSR count). The predicted octanol–water partition coefficient (Wildman–Crippen LogP) is 3.45. The van der Waals surface area contributed by atoms with Crippen LogP contribution < -0.4 is 5.32 Å². The topological polar surface area (TPSA) is 55.1 Å². The summed E-state index contributed by atoms with van der Waals surface area (Å²) in [6.07, 6.45) is 3.60. The number of pyridine rings is 1. The number of hydrogen-bond acceptors (Lipinski definition) is 3. The highest BCUT2D eigenvalue weighted by molar-refractivity contribution is 5.92. The molecule has 4 nitrogen and oxygen atoms in total.